The Morgan fingerprint density at radius 3 is 2.59 bits per heavy atom. The van der Waals surface area contributed by atoms with Crippen LogP contribution in [0.25, 0.3) is 0 Å². The molecule has 0 radical (unpaired) electrons. The van der Waals surface area contributed by atoms with Gasteiger partial charge in [-0.1, -0.05) is 11.6 Å². The number of aryl methyl sites for hydroxylation is 1. The minimum absolute atomic E-state index is 0.0475. The lowest BCUT2D eigenvalue weighted by Gasteiger charge is -2.24. The highest BCUT2D eigenvalue weighted by Gasteiger charge is 2.48. The quantitative estimate of drug-likeness (QED) is 0.867. The van der Waals surface area contributed by atoms with Gasteiger partial charge in [0.15, 0.2) is 0 Å². The normalized spacial score (nSPS) is 18.9. The van der Waals surface area contributed by atoms with E-state index in [2.05, 4.69) is 0 Å². The van der Waals surface area contributed by atoms with E-state index in [1.165, 1.54) is 0 Å². The minimum Gasteiger partial charge on any atom is -0.496 e. The Balaban J connectivity index is 2.40. The zero-order valence-corrected chi connectivity index (χ0v) is 11.1. The van der Waals surface area contributed by atoms with Crippen molar-refractivity contribution in [2.45, 2.75) is 25.8 Å². The van der Waals surface area contributed by atoms with Crippen LogP contribution in [-0.2, 0) is 0 Å². The number of halogens is 1. The Kier molecular flexibility index (Phi) is 3.34. The van der Waals surface area contributed by atoms with Crippen LogP contribution >= 0.6 is 11.6 Å². The van der Waals surface area contributed by atoms with Gasteiger partial charge in [-0.2, -0.15) is 0 Å². The molecule has 3 nitrogen and oxygen atoms in total. The Morgan fingerprint density at radius 2 is 2.12 bits per heavy atom. The molecule has 4 N–H and O–H groups in total. The summed E-state index contributed by atoms with van der Waals surface area (Å²) >= 11 is 6.16. The summed E-state index contributed by atoms with van der Waals surface area (Å²) in [4.78, 5) is 0. The Bertz CT molecular complexity index is 430. The van der Waals surface area contributed by atoms with Crippen molar-refractivity contribution in [2.75, 3.05) is 13.7 Å². The second-order valence-corrected chi connectivity index (χ2v) is 5.29. The highest BCUT2D eigenvalue weighted by molar-refractivity contribution is 6.31. The van der Waals surface area contributed by atoms with Gasteiger partial charge in [0.25, 0.3) is 0 Å². The number of methoxy groups -OCH3 is 1. The maximum atomic E-state index is 6.32. The van der Waals surface area contributed by atoms with Crippen LogP contribution < -0.4 is 16.2 Å². The fourth-order valence-electron chi connectivity index (χ4n) is 2.22. The van der Waals surface area contributed by atoms with Crippen molar-refractivity contribution in [3.8, 4) is 5.75 Å². The summed E-state index contributed by atoms with van der Waals surface area (Å²) in [6.45, 7) is 2.57. The lowest BCUT2D eigenvalue weighted by Crippen LogP contribution is -2.29. The van der Waals surface area contributed by atoms with Gasteiger partial charge in [0.2, 0.25) is 0 Å². The SMILES string of the molecule is COc1cc(C)c(Cl)cc1C(N)C1(CN)CC1. The van der Waals surface area contributed by atoms with Crippen molar-refractivity contribution in [3.05, 3.63) is 28.3 Å². The van der Waals surface area contributed by atoms with E-state index in [1.807, 2.05) is 19.1 Å². The molecule has 1 atom stereocenters. The van der Waals surface area contributed by atoms with Gasteiger partial charge in [0.05, 0.1) is 7.11 Å². The Labute approximate surface area is 107 Å². The summed E-state index contributed by atoms with van der Waals surface area (Å²) in [6, 6.07) is 3.75. The van der Waals surface area contributed by atoms with Crippen molar-refractivity contribution in [2.24, 2.45) is 16.9 Å². The monoisotopic (exact) mass is 254 g/mol. The molecule has 4 heteroatoms. The van der Waals surface area contributed by atoms with Crippen molar-refractivity contribution in [1.29, 1.82) is 0 Å². The fraction of sp³-hybridized carbons (Fsp3) is 0.538. The van der Waals surface area contributed by atoms with Gasteiger partial charge in [-0.05, 0) is 44.0 Å². The third-order valence-corrected chi connectivity index (χ3v) is 4.21. The van der Waals surface area contributed by atoms with Crippen molar-refractivity contribution in [1.82, 2.24) is 0 Å². The van der Waals surface area contributed by atoms with Gasteiger partial charge in [0, 0.05) is 22.0 Å². The van der Waals surface area contributed by atoms with Gasteiger partial charge in [-0.3, -0.25) is 0 Å². The molecule has 94 valence electrons. The van der Waals surface area contributed by atoms with Gasteiger partial charge in [0.1, 0.15) is 5.75 Å². The number of ether oxygens (including phenoxy) is 1. The lowest BCUT2D eigenvalue weighted by molar-refractivity contribution is 0.375. The Hall–Kier alpha value is -0.770. The van der Waals surface area contributed by atoms with Gasteiger partial charge < -0.3 is 16.2 Å². The summed E-state index contributed by atoms with van der Waals surface area (Å²) in [6.07, 6.45) is 2.17. The van der Waals surface area contributed by atoms with E-state index in [0.717, 1.165) is 34.7 Å². The van der Waals surface area contributed by atoms with Crippen molar-refractivity contribution < 1.29 is 4.74 Å². The smallest absolute Gasteiger partial charge is 0.124 e. The van der Waals surface area contributed by atoms with Gasteiger partial charge in [-0.25, -0.2) is 0 Å². The summed E-state index contributed by atoms with van der Waals surface area (Å²) in [5.74, 6) is 0.805. The largest absolute Gasteiger partial charge is 0.496 e. The van der Waals surface area contributed by atoms with Crippen LogP contribution in [0.4, 0.5) is 0 Å². The topological polar surface area (TPSA) is 61.3 Å². The second-order valence-electron chi connectivity index (χ2n) is 4.89. The van der Waals surface area contributed by atoms with Crippen LogP contribution in [0.1, 0.15) is 30.0 Å². The molecule has 1 aromatic rings. The second kappa shape index (κ2) is 4.48. The molecule has 0 aromatic heterocycles. The van der Waals surface area contributed by atoms with E-state index in [4.69, 9.17) is 27.8 Å². The van der Waals surface area contributed by atoms with E-state index >= 15 is 0 Å². The molecule has 0 amide bonds. The average molecular weight is 255 g/mol. The number of benzene rings is 1. The first-order chi connectivity index (χ1) is 8.04. The number of rotatable bonds is 4. The summed E-state index contributed by atoms with van der Waals surface area (Å²) in [5, 5.41) is 0.726. The molecule has 2 rings (SSSR count). The third-order valence-electron chi connectivity index (χ3n) is 3.80. The van der Waals surface area contributed by atoms with Crippen LogP contribution in [0.3, 0.4) is 0 Å². The Morgan fingerprint density at radius 1 is 1.47 bits per heavy atom. The van der Waals surface area contributed by atoms with Gasteiger partial charge in [-0.15, -0.1) is 0 Å². The highest BCUT2D eigenvalue weighted by Crippen LogP contribution is 2.54. The van der Waals surface area contributed by atoms with Crippen LogP contribution in [-0.4, -0.2) is 13.7 Å². The average Bonchev–Trinajstić information content (AvgIpc) is 3.12. The van der Waals surface area contributed by atoms with Crippen molar-refractivity contribution in [3.63, 3.8) is 0 Å². The standard InChI is InChI=1S/C13H19ClN2O/c1-8-5-11(17-2)9(6-10(8)14)12(16)13(7-15)3-4-13/h5-6,12H,3-4,7,15-16H2,1-2H3. The number of hydrogen-bond acceptors (Lipinski definition) is 3. The molecule has 0 heterocycles. The van der Waals surface area contributed by atoms with E-state index < -0.39 is 0 Å². The molecule has 17 heavy (non-hydrogen) atoms. The minimum atomic E-state index is -0.0967. The van der Waals surface area contributed by atoms with E-state index in [1.54, 1.807) is 7.11 Å². The van der Waals surface area contributed by atoms with E-state index in [-0.39, 0.29) is 11.5 Å². The zero-order chi connectivity index (χ0) is 12.6. The molecule has 1 aliphatic rings. The predicted octanol–water partition coefficient (Wildman–Crippen LogP) is 2.40. The molecule has 1 fully saturated rings. The number of hydrogen-bond donors (Lipinski definition) is 2. The van der Waals surface area contributed by atoms with Crippen LogP contribution in [0.2, 0.25) is 5.02 Å². The van der Waals surface area contributed by atoms with Crippen LogP contribution in [0, 0.1) is 12.3 Å². The molecule has 1 aromatic carbocycles. The molecule has 0 saturated heterocycles. The maximum absolute atomic E-state index is 6.32. The predicted molar refractivity (Wildman–Crippen MR) is 70.4 cm³/mol. The third kappa shape index (κ3) is 2.15. The molecule has 1 saturated carbocycles. The molecule has 0 aliphatic heterocycles. The maximum Gasteiger partial charge on any atom is 0.124 e. The molecule has 0 bridgehead atoms. The summed E-state index contributed by atoms with van der Waals surface area (Å²) in [7, 11) is 1.65. The molecule has 0 spiro atoms. The van der Waals surface area contributed by atoms with Gasteiger partial charge >= 0.3 is 0 Å². The first-order valence-electron chi connectivity index (χ1n) is 5.84. The first kappa shape index (κ1) is 12.7. The highest BCUT2D eigenvalue weighted by atomic mass is 35.5. The van der Waals surface area contributed by atoms with Crippen LogP contribution in [0.15, 0.2) is 12.1 Å². The van der Waals surface area contributed by atoms with Crippen LogP contribution in [0.5, 0.6) is 5.75 Å². The molecule has 1 aliphatic carbocycles. The summed E-state index contributed by atoms with van der Waals surface area (Å²) < 4.78 is 5.39. The first-order valence-corrected chi connectivity index (χ1v) is 6.21. The fourth-order valence-corrected chi connectivity index (χ4v) is 2.39. The number of nitrogens with two attached hydrogens (primary N) is 2. The van der Waals surface area contributed by atoms with E-state index in [9.17, 15) is 0 Å². The molecular weight excluding hydrogens is 236 g/mol. The van der Waals surface area contributed by atoms with Crippen molar-refractivity contribution >= 4 is 11.6 Å². The van der Waals surface area contributed by atoms with E-state index in [0.29, 0.717) is 6.54 Å². The molecule has 1 unspecified atom stereocenters. The summed E-state index contributed by atoms with van der Waals surface area (Å²) in [5.41, 5.74) is 14.1. The lowest BCUT2D eigenvalue weighted by atomic mass is 9.90. The molecular formula is C13H19ClN2O. The zero-order valence-electron chi connectivity index (χ0n) is 10.3.